The molecule has 32 heavy (non-hydrogen) atoms. The quantitative estimate of drug-likeness (QED) is 0.622. The minimum absolute atomic E-state index is 0.0703. The molecule has 2 amide bonds. The van der Waals surface area contributed by atoms with Crippen LogP contribution in [0.5, 0.6) is 11.5 Å². The van der Waals surface area contributed by atoms with E-state index in [9.17, 15) is 18.0 Å². The van der Waals surface area contributed by atoms with E-state index in [1.807, 2.05) is 0 Å². The lowest BCUT2D eigenvalue weighted by atomic mass is 9.95. The van der Waals surface area contributed by atoms with Gasteiger partial charge in [-0.25, -0.2) is 8.42 Å². The molecule has 0 unspecified atom stereocenters. The Kier molecular flexibility index (Phi) is 8.00. The number of benzene rings is 1. The van der Waals surface area contributed by atoms with Crippen LogP contribution in [-0.2, 0) is 19.6 Å². The Morgan fingerprint density at radius 2 is 1.66 bits per heavy atom. The molecule has 1 aliphatic carbocycles. The number of nitrogens with two attached hydrogens (primary N) is 1. The smallest absolute Gasteiger partial charge is 0.243 e. The molecule has 2 N–H and O–H groups in total. The Hall–Kier alpha value is -2.33. The lowest BCUT2D eigenvalue weighted by Gasteiger charge is -2.36. The molecule has 0 radical (unpaired) electrons. The van der Waals surface area contributed by atoms with Crippen LogP contribution < -0.4 is 15.2 Å². The van der Waals surface area contributed by atoms with E-state index in [1.54, 1.807) is 11.0 Å². The number of ether oxygens (including phenoxy) is 2. The molecule has 1 saturated heterocycles. The van der Waals surface area contributed by atoms with Crippen LogP contribution in [0.1, 0.15) is 44.9 Å². The minimum Gasteiger partial charge on any atom is -0.493 e. The highest BCUT2D eigenvalue weighted by Gasteiger charge is 2.36. The average Bonchev–Trinajstić information content (AvgIpc) is 2.82. The summed E-state index contributed by atoms with van der Waals surface area (Å²) in [6, 6.07) is 4.25. The largest absolute Gasteiger partial charge is 0.493 e. The van der Waals surface area contributed by atoms with Crippen molar-refractivity contribution < 1.29 is 27.5 Å². The van der Waals surface area contributed by atoms with Gasteiger partial charge in [-0.1, -0.05) is 19.3 Å². The molecule has 0 spiro atoms. The number of methoxy groups -OCH3 is 2. The van der Waals surface area contributed by atoms with Crippen molar-refractivity contribution in [2.45, 2.75) is 55.9 Å². The number of carbonyl (C=O) groups is 2. The first-order valence-electron chi connectivity index (χ1n) is 11.1. The molecule has 10 heteroatoms. The van der Waals surface area contributed by atoms with Crippen molar-refractivity contribution in [3.63, 3.8) is 0 Å². The molecule has 3 rings (SSSR count). The van der Waals surface area contributed by atoms with Crippen LogP contribution >= 0.6 is 0 Å². The summed E-state index contributed by atoms with van der Waals surface area (Å²) >= 11 is 0. The van der Waals surface area contributed by atoms with Gasteiger partial charge in [-0.05, 0) is 37.8 Å². The van der Waals surface area contributed by atoms with Gasteiger partial charge in [0.1, 0.15) is 0 Å². The Balaban J connectivity index is 1.84. The van der Waals surface area contributed by atoms with E-state index >= 15 is 0 Å². The molecule has 1 heterocycles. The van der Waals surface area contributed by atoms with Gasteiger partial charge in [0.25, 0.3) is 0 Å². The number of piperidine rings is 1. The zero-order chi connectivity index (χ0) is 23.3. The molecule has 1 saturated carbocycles. The summed E-state index contributed by atoms with van der Waals surface area (Å²) in [5, 5.41) is 0. The first-order valence-corrected chi connectivity index (χ1v) is 12.5. The monoisotopic (exact) mass is 467 g/mol. The minimum atomic E-state index is -3.94. The van der Waals surface area contributed by atoms with E-state index < -0.39 is 10.0 Å². The lowest BCUT2D eigenvalue weighted by Crippen LogP contribution is -2.50. The van der Waals surface area contributed by atoms with E-state index in [4.69, 9.17) is 15.2 Å². The second kappa shape index (κ2) is 10.5. The molecule has 1 aromatic rings. The maximum absolute atomic E-state index is 13.7. The Labute approximate surface area is 189 Å². The summed E-state index contributed by atoms with van der Waals surface area (Å²) in [6.45, 7) is 0.589. The Bertz CT molecular complexity index is 922. The fraction of sp³-hybridized carbons (Fsp3) is 0.636. The van der Waals surface area contributed by atoms with Crippen LogP contribution in [-0.4, -0.2) is 69.3 Å². The number of primary amides is 1. The lowest BCUT2D eigenvalue weighted by molar-refractivity contribution is -0.135. The second-order valence-electron chi connectivity index (χ2n) is 8.42. The summed E-state index contributed by atoms with van der Waals surface area (Å²) in [6.07, 6.45) is 5.39. The standard InChI is InChI=1S/C22H33N3O6S/c1-30-19-9-8-18(14-20(19)31-2)32(28,29)25(17-6-4-3-5-7-17)15-21(26)24-12-10-16(11-13-24)22(23)27/h8-9,14,16-17H,3-7,10-13,15H2,1-2H3,(H2,23,27). The highest BCUT2D eigenvalue weighted by molar-refractivity contribution is 7.89. The average molecular weight is 468 g/mol. The van der Waals surface area contributed by atoms with Crippen molar-refractivity contribution in [2.24, 2.45) is 11.7 Å². The number of amides is 2. The van der Waals surface area contributed by atoms with Gasteiger partial charge in [-0.2, -0.15) is 4.31 Å². The highest BCUT2D eigenvalue weighted by atomic mass is 32.2. The van der Waals surface area contributed by atoms with Crippen LogP contribution in [0.4, 0.5) is 0 Å². The van der Waals surface area contributed by atoms with Crippen LogP contribution in [0.3, 0.4) is 0 Å². The van der Waals surface area contributed by atoms with Gasteiger partial charge in [0.15, 0.2) is 11.5 Å². The van der Waals surface area contributed by atoms with Gasteiger partial charge in [0.05, 0.1) is 25.7 Å². The predicted molar refractivity (Wildman–Crippen MR) is 119 cm³/mol. The maximum Gasteiger partial charge on any atom is 0.243 e. The van der Waals surface area contributed by atoms with Crippen LogP contribution in [0.2, 0.25) is 0 Å². The molecule has 0 atom stereocenters. The Morgan fingerprint density at radius 3 is 2.22 bits per heavy atom. The van der Waals surface area contributed by atoms with Crippen molar-refractivity contribution in [3.05, 3.63) is 18.2 Å². The molecular weight excluding hydrogens is 434 g/mol. The topological polar surface area (TPSA) is 119 Å². The molecule has 178 valence electrons. The summed E-state index contributed by atoms with van der Waals surface area (Å²) in [4.78, 5) is 26.2. The summed E-state index contributed by atoms with van der Waals surface area (Å²) in [7, 11) is -1.00. The third-order valence-electron chi connectivity index (χ3n) is 6.48. The first-order chi connectivity index (χ1) is 15.3. The number of nitrogens with zero attached hydrogens (tertiary/aromatic N) is 2. The first kappa shape index (κ1) is 24.3. The molecule has 2 fully saturated rings. The third-order valence-corrected chi connectivity index (χ3v) is 8.38. The van der Waals surface area contributed by atoms with Gasteiger partial charge in [0.2, 0.25) is 21.8 Å². The van der Waals surface area contributed by atoms with E-state index in [0.29, 0.717) is 37.4 Å². The SMILES string of the molecule is COc1ccc(S(=O)(=O)N(CC(=O)N2CCC(C(N)=O)CC2)C2CCCCC2)cc1OC. The summed E-state index contributed by atoms with van der Waals surface area (Å²) < 4.78 is 39.2. The van der Waals surface area contributed by atoms with Crippen molar-refractivity contribution in [1.82, 2.24) is 9.21 Å². The van der Waals surface area contributed by atoms with Gasteiger partial charge < -0.3 is 20.1 Å². The molecule has 1 aromatic carbocycles. The van der Waals surface area contributed by atoms with E-state index in [0.717, 1.165) is 32.1 Å². The van der Waals surface area contributed by atoms with E-state index in [1.165, 1.54) is 30.7 Å². The van der Waals surface area contributed by atoms with Crippen LogP contribution in [0.25, 0.3) is 0 Å². The molecular formula is C22H33N3O6S. The number of likely N-dealkylation sites (tertiary alicyclic amines) is 1. The van der Waals surface area contributed by atoms with Gasteiger partial charge in [-0.3, -0.25) is 9.59 Å². The fourth-order valence-corrected chi connectivity index (χ4v) is 6.19. The van der Waals surface area contributed by atoms with Crippen molar-refractivity contribution in [3.8, 4) is 11.5 Å². The number of carbonyl (C=O) groups excluding carboxylic acids is 2. The summed E-state index contributed by atoms with van der Waals surface area (Å²) in [5.74, 6) is -0.0791. The van der Waals surface area contributed by atoms with Gasteiger partial charge >= 0.3 is 0 Å². The van der Waals surface area contributed by atoms with Gasteiger partial charge in [0, 0.05) is 31.1 Å². The van der Waals surface area contributed by atoms with Crippen molar-refractivity contribution >= 4 is 21.8 Å². The van der Waals surface area contributed by atoms with E-state index in [2.05, 4.69) is 0 Å². The maximum atomic E-state index is 13.7. The molecule has 9 nitrogen and oxygen atoms in total. The number of sulfonamides is 1. The van der Waals surface area contributed by atoms with Gasteiger partial charge in [-0.15, -0.1) is 0 Å². The number of hydrogen-bond donors (Lipinski definition) is 1. The van der Waals surface area contributed by atoms with Crippen molar-refractivity contribution in [1.29, 1.82) is 0 Å². The predicted octanol–water partition coefficient (Wildman–Crippen LogP) is 1.75. The summed E-state index contributed by atoms with van der Waals surface area (Å²) in [5.41, 5.74) is 5.38. The molecule has 2 aliphatic rings. The number of rotatable bonds is 8. The number of hydrogen-bond acceptors (Lipinski definition) is 6. The molecule has 1 aliphatic heterocycles. The molecule has 0 bridgehead atoms. The Morgan fingerprint density at radius 1 is 1.03 bits per heavy atom. The highest BCUT2D eigenvalue weighted by Crippen LogP contribution is 2.33. The zero-order valence-electron chi connectivity index (χ0n) is 18.8. The second-order valence-corrected chi connectivity index (χ2v) is 10.3. The zero-order valence-corrected chi connectivity index (χ0v) is 19.6. The molecule has 0 aromatic heterocycles. The third kappa shape index (κ3) is 5.35. The normalized spacial score (nSPS) is 18.5. The van der Waals surface area contributed by atoms with Crippen molar-refractivity contribution in [2.75, 3.05) is 33.9 Å². The van der Waals surface area contributed by atoms with Crippen LogP contribution in [0, 0.1) is 5.92 Å². The fourth-order valence-electron chi connectivity index (χ4n) is 4.54. The van der Waals surface area contributed by atoms with E-state index in [-0.39, 0.29) is 35.2 Å². The van der Waals surface area contributed by atoms with Crippen LogP contribution in [0.15, 0.2) is 23.1 Å².